The molecule has 0 unspecified atom stereocenters. The van der Waals surface area contributed by atoms with Gasteiger partial charge in [0.25, 0.3) is 0 Å². The molecule has 1 aliphatic rings. The molecule has 0 aliphatic carbocycles. The summed E-state index contributed by atoms with van der Waals surface area (Å²) in [4.78, 5) is 12.2. The molecule has 0 saturated carbocycles. The maximum Gasteiger partial charge on any atom is 0.307 e. The zero-order valence-corrected chi connectivity index (χ0v) is 15.4. The highest BCUT2D eigenvalue weighted by molar-refractivity contribution is 5.70. The van der Waals surface area contributed by atoms with Gasteiger partial charge in [-0.25, -0.2) is 0 Å². The summed E-state index contributed by atoms with van der Waals surface area (Å²) in [7, 11) is 0. The van der Waals surface area contributed by atoms with Gasteiger partial charge in [0, 0.05) is 12.1 Å². The van der Waals surface area contributed by atoms with Gasteiger partial charge in [-0.1, -0.05) is 20.8 Å². The lowest BCUT2D eigenvalue weighted by atomic mass is 9.99. The fourth-order valence-corrected chi connectivity index (χ4v) is 2.78. The van der Waals surface area contributed by atoms with Crippen LogP contribution in [0, 0.1) is 0 Å². The summed E-state index contributed by atoms with van der Waals surface area (Å²) >= 11 is 0. The van der Waals surface area contributed by atoms with E-state index in [2.05, 4.69) is 26.1 Å². The van der Waals surface area contributed by atoms with E-state index in [-0.39, 0.29) is 36.7 Å². The maximum atomic E-state index is 12.2. The second-order valence-corrected chi connectivity index (χ2v) is 7.77. The normalized spacial score (nSPS) is 26.2. The van der Waals surface area contributed by atoms with Crippen molar-refractivity contribution in [3.63, 3.8) is 0 Å². The minimum absolute atomic E-state index is 0.0197. The molecule has 22 heavy (non-hydrogen) atoms. The van der Waals surface area contributed by atoms with Crippen LogP contribution in [0.4, 0.5) is 0 Å². The molecule has 0 radical (unpaired) electrons. The van der Waals surface area contributed by atoms with Crippen molar-refractivity contribution in [1.29, 1.82) is 0 Å². The molecular weight excluding hydrogens is 282 g/mol. The standard InChI is InChI=1S/C17H33NO4/c1-9-13-15(22-17(7,8)20-13)12(18-11(2)3)10-14(19)21-16(4,5)6/h11-13,15,18H,9-10H2,1-8H3/t12-,13-,15-/m1/s1. The predicted molar refractivity (Wildman–Crippen MR) is 86.6 cm³/mol. The van der Waals surface area contributed by atoms with Gasteiger partial charge < -0.3 is 19.5 Å². The molecule has 5 nitrogen and oxygen atoms in total. The molecule has 0 spiro atoms. The van der Waals surface area contributed by atoms with Crippen LogP contribution in [-0.2, 0) is 19.0 Å². The zero-order valence-electron chi connectivity index (χ0n) is 15.4. The molecule has 1 saturated heterocycles. The van der Waals surface area contributed by atoms with Gasteiger partial charge in [0.2, 0.25) is 0 Å². The first kappa shape index (κ1) is 19.4. The quantitative estimate of drug-likeness (QED) is 0.764. The van der Waals surface area contributed by atoms with Crippen molar-refractivity contribution in [1.82, 2.24) is 5.32 Å². The lowest BCUT2D eigenvalue weighted by Gasteiger charge is -2.29. The lowest BCUT2D eigenvalue weighted by Crippen LogP contribution is -2.49. The number of rotatable bonds is 6. The second kappa shape index (κ2) is 7.28. The maximum absolute atomic E-state index is 12.2. The third-order valence-electron chi connectivity index (χ3n) is 3.37. The highest BCUT2D eigenvalue weighted by Gasteiger charge is 2.45. The summed E-state index contributed by atoms with van der Waals surface area (Å²) in [6, 6.07) is 0.124. The van der Waals surface area contributed by atoms with Crippen molar-refractivity contribution >= 4 is 5.97 Å². The number of esters is 1. The van der Waals surface area contributed by atoms with Crippen LogP contribution >= 0.6 is 0 Å². The monoisotopic (exact) mass is 315 g/mol. The largest absolute Gasteiger partial charge is 0.460 e. The molecule has 1 rings (SSSR count). The molecule has 130 valence electrons. The number of hydrogen-bond acceptors (Lipinski definition) is 5. The number of carbonyl (C=O) groups is 1. The third kappa shape index (κ3) is 6.23. The van der Waals surface area contributed by atoms with Gasteiger partial charge in [0.1, 0.15) is 11.7 Å². The van der Waals surface area contributed by atoms with E-state index in [1.807, 2.05) is 34.6 Å². The van der Waals surface area contributed by atoms with Crippen LogP contribution in [0.5, 0.6) is 0 Å². The summed E-state index contributed by atoms with van der Waals surface area (Å²) in [6.07, 6.45) is 0.943. The minimum atomic E-state index is -0.615. The van der Waals surface area contributed by atoms with Gasteiger partial charge >= 0.3 is 5.97 Å². The molecular formula is C17H33NO4. The van der Waals surface area contributed by atoms with E-state index in [1.54, 1.807) is 0 Å². The van der Waals surface area contributed by atoms with E-state index < -0.39 is 11.4 Å². The van der Waals surface area contributed by atoms with Crippen LogP contribution in [0.1, 0.15) is 68.2 Å². The highest BCUT2D eigenvalue weighted by Crippen LogP contribution is 2.32. The molecule has 3 atom stereocenters. The van der Waals surface area contributed by atoms with Crippen molar-refractivity contribution in [2.45, 2.75) is 104 Å². The molecule has 1 fully saturated rings. The van der Waals surface area contributed by atoms with E-state index in [9.17, 15) is 4.79 Å². The summed E-state index contributed by atoms with van der Waals surface area (Å²) in [5, 5.41) is 3.43. The van der Waals surface area contributed by atoms with Crippen LogP contribution < -0.4 is 5.32 Å². The van der Waals surface area contributed by atoms with Crippen molar-refractivity contribution in [3.8, 4) is 0 Å². The third-order valence-corrected chi connectivity index (χ3v) is 3.37. The molecule has 0 amide bonds. The van der Waals surface area contributed by atoms with Gasteiger partial charge in [-0.3, -0.25) is 4.79 Å². The Morgan fingerprint density at radius 1 is 1.27 bits per heavy atom. The Morgan fingerprint density at radius 2 is 1.86 bits per heavy atom. The second-order valence-electron chi connectivity index (χ2n) is 7.77. The van der Waals surface area contributed by atoms with Crippen molar-refractivity contribution < 1.29 is 19.0 Å². The molecule has 1 N–H and O–H groups in total. The van der Waals surface area contributed by atoms with Gasteiger partial charge in [-0.05, 0) is 41.0 Å². The van der Waals surface area contributed by atoms with E-state index >= 15 is 0 Å². The minimum Gasteiger partial charge on any atom is -0.460 e. The van der Waals surface area contributed by atoms with Crippen LogP contribution in [0.15, 0.2) is 0 Å². The Bertz CT molecular complexity index is 373. The lowest BCUT2D eigenvalue weighted by molar-refractivity contribution is -0.160. The summed E-state index contributed by atoms with van der Waals surface area (Å²) in [5.74, 6) is -0.829. The van der Waals surface area contributed by atoms with Gasteiger partial charge in [-0.15, -0.1) is 0 Å². The fourth-order valence-electron chi connectivity index (χ4n) is 2.78. The van der Waals surface area contributed by atoms with Crippen molar-refractivity contribution in [2.75, 3.05) is 0 Å². The van der Waals surface area contributed by atoms with Gasteiger partial charge in [0.05, 0.1) is 12.5 Å². The molecule has 0 aromatic heterocycles. The predicted octanol–water partition coefficient (Wildman–Crippen LogP) is 3.01. The van der Waals surface area contributed by atoms with Crippen LogP contribution in [0.2, 0.25) is 0 Å². The number of ether oxygens (including phenoxy) is 3. The van der Waals surface area contributed by atoms with Gasteiger partial charge in [-0.2, -0.15) is 0 Å². The Balaban J connectivity index is 2.81. The Kier molecular flexibility index (Phi) is 6.42. The number of hydrogen-bond donors (Lipinski definition) is 1. The molecule has 0 aromatic rings. The number of carbonyl (C=O) groups excluding carboxylic acids is 1. The molecule has 1 heterocycles. The Labute approximate surface area is 135 Å². The number of nitrogens with one attached hydrogen (secondary N) is 1. The average Bonchev–Trinajstić information content (AvgIpc) is 2.60. The summed E-state index contributed by atoms with van der Waals surface area (Å²) < 4.78 is 17.4. The summed E-state index contributed by atoms with van der Waals surface area (Å²) in [5.41, 5.74) is -0.476. The fraction of sp³-hybridized carbons (Fsp3) is 0.941. The van der Waals surface area contributed by atoms with E-state index in [0.717, 1.165) is 6.42 Å². The SMILES string of the molecule is CC[C@H]1OC(C)(C)O[C@@H]1[C@@H](CC(=O)OC(C)(C)C)NC(C)C. The van der Waals surface area contributed by atoms with Crippen LogP contribution in [-0.4, -0.2) is 41.6 Å². The van der Waals surface area contributed by atoms with Crippen molar-refractivity contribution in [2.24, 2.45) is 0 Å². The smallest absolute Gasteiger partial charge is 0.307 e. The molecule has 0 bridgehead atoms. The van der Waals surface area contributed by atoms with Crippen molar-refractivity contribution in [3.05, 3.63) is 0 Å². The molecule has 5 heteroatoms. The molecule has 0 aromatic carbocycles. The topological polar surface area (TPSA) is 56.8 Å². The van der Waals surface area contributed by atoms with E-state index in [1.165, 1.54) is 0 Å². The van der Waals surface area contributed by atoms with Crippen LogP contribution in [0.3, 0.4) is 0 Å². The Morgan fingerprint density at radius 3 is 2.32 bits per heavy atom. The highest BCUT2D eigenvalue weighted by atomic mass is 16.8. The molecule has 1 aliphatic heterocycles. The van der Waals surface area contributed by atoms with Crippen LogP contribution in [0.25, 0.3) is 0 Å². The van der Waals surface area contributed by atoms with E-state index in [0.29, 0.717) is 0 Å². The average molecular weight is 315 g/mol. The zero-order chi connectivity index (χ0) is 17.1. The van der Waals surface area contributed by atoms with Gasteiger partial charge in [0.15, 0.2) is 5.79 Å². The first-order valence-corrected chi connectivity index (χ1v) is 8.27. The first-order chi connectivity index (χ1) is 9.93. The first-order valence-electron chi connectivity index (χ1n) is 8.27. The van der Waals surface area contributed by atoms with E-state index in [4.69, 9.17) is 14.2 Å². The summed E-state index contributed by atoms with van der Waals surface area (Å²) in [6.45, 7) is 15.6. The Hall–Kier alpha value is -0.650.